The van der Waals surface area contributed by atoms with Crippen LogP contribution in [0.4, 0.5) is 30.2 Å². The molecule has 0 saturated carbocycles. The number of aryl methyl sites for hydroxylation is 1. The van der Waals surface area contributed by atoms with Gasteiger partial charge in [0, 0.05) is 32.8 Å². The lowest BCUT2D eigenvalue weighted by Crippen LogP contribution is -2.05. The predicted octanol–water partition coefficient (Wildman–Crippen LogP) is 20.6. The topological polar surface area (TPSA) is 70.5 Å². The van der Waals surface area contributed by atoms with Crippen molar-refractivity contribution in [3.05, 3.63) is 281 Å². The number of nitriles is 2. The monoisotopic (exact) mass is 1070 g/mol. The molecule has 2 aromatic heterocycles. The highest BCUT2D eigenvalue weighted by atomic mass is 19.4. The lowest BCUT2D eigenvalue weighted by molar-refractivity contribution is -0.137. The Morgan fingerprint density at radius 2 is 0.795 bits per heavy atom. The molecule has 0 aliphatic rings. The van der Waals surface area contributed by atoms with Gasteiger partial charge >= 0.3 is 6.18 Å². The quantitative estimate of drug-likeness (QED) is 0.142. The third kappa shape index (κ3) is 8.95. The number of benzene rings is 11. The van der Waals surface area contributed by atoms with Crippen LogP contribution in [0.3, 0.4) is 0 Å². The highest BCUT2D eigenvalue weighted by Gasteiger charge is 2.31. The number of alkyl halides is 3. The van der Waals surface area contributed by atoms with Gasteiger partial charge in [-0.1, -0.05) is 103 Å². The summed E-state index contributed by atoms with van der Waals surface area (Å²) in [6.45, 7) is 24.9. The Morgan fingerprint density at radius 3 is 1.24 bits per heavy atom. The van der Waals surface area contributed by atoms with Crippen LogP contribution < -0.4 is 0 Å². The molecule has 0 aliphatic heterocycles. The molecule has 0 radical (unpaired) electrons. The first kappa shape index (κ1) is 50.7. The molecule has 10 heteroatoms. The Morgan fingerprint density at radius 1 is 0.373 bits per heavy atom. The third-order valence-corrected chi connectivity index (χ3v) is 15.5. The number of aromatic nitrogens is 2. The maximum atomic E-state index is 14.4. The molecule has 13 aromatic rings. The normalized spacial score (nSPS) is 11.3. The number of halogens is 3. The molecule has 0 fully saturated rings. The van der Waals surface area contributed by atoms with Crippen molar-refractivity contribution >= 4 is 60.7 Å². The molecule has 0 unspecified atom stereocenters. The minimum Gasteiger partial charge on any atom is -0.309 e. The lowest BCUT2D eigenvalue weighted by Gasteiger charge is -2.21. The van der Waals surface area contributed by atoms with Crippen LogP contribution in [0.2, 0.25) is 0 Å². The predicted molar refractivity (Wildman–Crippen MR) is 326 cm³/mol. The fraction of sp³-hybridized carbons (Fsp3) is 0.0274. The second-order valence-electron chi connectivity index (χ2n) is 20.4. The molecule has 0 bridgehead atoms. The van der Waals surface area contributed by atoms with Crippen molar-refractivity contribution in [2.24, 2.45) is 0 Å². The van der Waals surface area contributed by atoms with Crippen LogP contribution in [0.25, 0.3) is 136 Å². The van der Waals surface area contributed by atoms with Gasteiger partial charge in [-0.25, -0.2) is 14.5 Å². The van der Waals surface area contributed by atoms with Crippen LogP contribution in [0.5, 0.6) is 0 Å². The summed E-state index contributed by atoms with van der Waals surface area (Å²) < 4.78 is 47.5. The molecule has 0 amide bonds. The highest BCUT2D eigenvalue weighted by molar-refractivity contribution is 6.14. The number of fused-ring (bicyclic) bond motifs is 6. The van der Waals surface area contributed by atoms with E-state index in [0.717, 1.165) is 99.9 Å². The van der Waals surface area contributed by atoms with Crippen molar-refractivity contribution in [1.82, 2.24) is 9.13 Å². The van der Waals surface area contributed by atoms with Crippen molar-refractivity contribution in [2.45, 2.75) is 13.1 Å². The van der Waals surface area contributed by atoms with E-state index in [1.165, 1.54) is 12.1 Å². The molecule has 83 heavy (non-hydrogen) atoms. The van der Waals surface area contributed by atoms with E-state index in [2.05, 4.69) is 90.4 Å². The Hall–Kier alpha value is -11.7. The molecule has 11 aromatic carbocycles. The highest BCUT2D eigenvalue weighted by Crippen LogP contribution is 2.46. The van der Waals surface area contributed by atoms with E-state index in [9.17, 15) is 23.7 Å². The fourth-order valence-corrected chi connectivity index (χ4v) is 11.6. The van der Waals surface area contributed by atoms with Gasteiger partial charge in [-0.15, -0.1) is 0 Å². The van der Waals surface area contributed by atoms with Gasteiger partial charge in [0.05, 0.1) is 76.3 Å². The van der Waals surface area contributed by atoms with Gasteiger partial charge in [0.1, 0.15) is 0 Å². The van der Waals surface area contributed by atoms with Crippen molar-refractivity contribution in [3.63, 3.8) is 0 Å². The van der Waals surface area contributed by atoms with Gasteiger partial charge in [-0.2, -0.15) is 23.7 Å². The molecule has 388 valence electrons. The zero-order valence-corrected chi connectivity index (χ0v) is 44.1. The molecule has 0 atom stereocenters. The molecule has 0 saturated heterocycles. The maximum Gasteiger partial charge on any atom is 0.416 e. The summed E-state index contributed by atoms with van der Waals surface area (Å²) >= 11 is 0. The van der Waals surface area contributed by atoms with E-state index in [1.54, 1.807) is 37.3 Å². The summed E-state index contributed by atoms with van der Waals surface area (Å²) in [6, 6.07) is 74.8. The van der Waals surface area contributed by atoms with E-state index in [4.69, 9.17) is 19.7 Å². The minimum atomic E-state index is -4.57. The van der Waals surface area contributed by atoms with E-state index in [1.807, 2.05) is 121 Å². The Balaban J connectivity index is 1.10. The van der Waals surface area contributed by atoms with Crippen LogP contribution in [0.15, 0.2) is 224 Å². The molecule has 0 aliphatic carbocycles. The van der Waals surface area contributed by atoms with Gasteiger partial charge < -0.3 is 9.13 Å². The summed E-state index contributed by atoms with van der Waals surface area (Å²) in [5.41, 5.74) is 16.5. The van der Waals surface area contributed by atoms with Crippen LogP contribution in [-0.2, 0) is 6.18 Å². The smallest absolute Gasteiger partial charge is 0.309 e. The third-order valence-electron chi connectivity index (χ3n) is 15.5. The van der Waals surface area contributed by atoms with Crippen LogP contribution >= 0.6 is 0 Å². The van der Waals surface area contributed by atoms with Gasteiger partial charge in [0.25, 0.3) is 0 Å². The van der Waals surface area contributed by atoms with Crippen molar-refractivity contribution in [1.29, 1.82) is 10.5 Å². The van der Waals surface area contributed by atoms with Crippen molar-refractivity contribution in [2.75, 3.05) is 0 Å². The Labute approximate surface area is 475 Å². The molecule has 0 spiro atoms. The summed E-state index contributed by atoms with van der Waals surface area (Å²) in [6.07, 6.45) is -4.57. The average molecular weight is 1070 g/mol. The Kier molecular flexibility index (Phi) is 12.3. The molecule has 7 nitrogen and oxygen atoms in total. The molecule has 0 N–H and O–H groups in total. The van der Waals surface area contributed by atoms with Crippen molar-refractivity contribution < 1.29 is 13.2 Å². The van der Waals surface area contributed by atoms with Crippen LogP contribution in [0.1, 0.15) is 22.3 Å². The first-order valence-electron chi connectivity index (χ1n) is 26.4. The van der Waals surface area contributed by atoms with E-state index < -0.39 is 11.7 Å². The number of rotatable bonds is 8. The number of hydrogen-bond acceptors (Lipinski definition) is 2. The summed E-state index contributed by atoms with van der Waals surface area (Å²) in [4.78, 5) is 11.1. The zero-order valence-electron chi connectivity index (χ0n) is 44.1. The summed E-state index contributed by atoms with van der Waals surface area (Å²) in [5, 5.41) is 24.3. The Bertz CT molecular complexity index is 4890. The molecular weight excluding hydrogens is 1030 g/mol. The lowest BCUT2D eigenvalue weighted by atomic mass is 9.89. The van der Waals surface area contributed by atoms with Crippen LogP contribution in [0, 0.1) is 49.3 Å². The first-order chi connectivity index (χ1) is 40.4. The van der Waals surface area contributed by atoms with Crippen LogP contribution in [-0.4, -0.2) is 9.13 Å². The van der Waals surface area contributed by atoms with Gasteiger partial charge in [0.15, 0.2) is 17.1 Å². The number of hydrogen-bond donors (Lipinski definition) is 0. The van der Waals surface area contributed by atoms with Gasteiger partial charge in [0.2, 0.25) is 0 Å². The van der Waals surface area contributed by atoms with Gasteiger partial charge in [-0.3, -0.25) is 0 Å². The van der Waals surface area contributed by atoms with E-state index >= 15 is 0 Å². The van der Waals surface area contributed by atoms with Gasteiger partial charge in [-0.05, 0) is 195 Å². The minimum absolute atomic E-state index is 0.369. The summed E-state index contributed by atoms with van der Waals surface area (Å²) in [5.74, 6) is 0. The van der Waals surface area contributed by atoms with E-state index in [0.29, 0.717) is 61.7 Å². The standard InChI is InChI=1S/C73H40F3N7/c1-44-31-55(73(74,75)76)22-24-60(44)61-25-23-59(82-68-27-18-52(48-11-6-14-56(34-48)79-2)38-64(68)65-39-53(19-28-69(65)82)49-12-7-15-57(35-49)80-3)41-62(61)63-33-46(43-78)17-26-70(63)83-71-29-20-51(47-10-5-9-45(32-47)42-77)37-66(71)67-40-54(21-30-72(67)83)50-13-8-16-58(36-50)81-4/h5-41H,1H3. The largest absolute Gasteiger partial charge is 0.416 e. The van der Waals surface area contributed by atoms with Crippen molar-refractivity contribution in [3.8, 4) is 90.3 Å². The molecule has 2 heterocycles. The first-order valence-corrected chi connectivity index (χ1v) is 26.4. The molecular formula is C73H40F3N7. The summed E-state index contributed by atoms with van der Waals surface area (Å²) in [7, 11) is 0. The number of nitrogens with zero attached hydrogens (tertiary/aromatic N) is 7. The second-order valence-corrected chi connectivity index (χ2v) is 20.4. The zero-order chi connectivity index (χ0) is 57.1. The van der Waals surface area contributed by atoms with E-state index in [-0.39, 0.29) is 0 Å². The SMILES string of the molecule is [C-]#[N+]c1cccc(-c2ccc3c(c2)c2cc(-c4cccc([N+]#[C-])c4)ccc2n3-c2ccc(-c3ccc(C(F)(F)F)cc3C)c(-c3cc(C#N)ccc3-n3c4ccc(-c5cccc(C#N)c5)cc4c4cc(-c5cccc([N+]#[C-])c5)ccc43)c2)c1. The fourth-order valence-electron chi connectivity index (χ4n) is 11.6. The molecule has 13 rings (SSSR count). The average Bonchev–Trinajstić information content (AvgIpc) is 2.23. The second kappa shape index (κ2) is 20.2. The maximum absolute atomic E-state index is 14.4.